The number of carbonyl (C=O) groups excluding carboxylic acids is 2. The van der Waals surface area contributed by atoms with Gasteiger partial charge in [-0.05, 0) is 29.8 Å². The van der Waals surface area contributed by atoms with Gasteiger partial charge >= 0.3 is 6.03 Å². The molecule has 2 heterocycles. The minimum absolute atomic E-state index is 0.113. The highest BCUT2D eigenvalue weighted by Gasteiger charge is 2.25. The summed E-state index contributed by atoms with van der Waals surface area (Å²) < 4.78 is 5.33. The van der Waals surface area contributed by atoms with Crippen LogP contribution in [0.1, 0.15) is 15.9 Å². The monoisotopic (exact) mass is 370 g/mol. The number of amides is 3. The first-order chi connectivity index (χ1) is 13.2. The van der Waals surface area contributed by atoms with Gasteiger partial charge in [-0.15, -0.1) is 0 Å². The summed E-state index contributed by atoms with van der Waals surface area (Å²) in [5.41, 5.74) is 3.64. The molecule has 1 aliphatic heterocycles. The van der Waals surface area contributed by atoms with Gasteiger partial charge in [0.2, 0.25) is 0 Å². The third-order valence-corrected chi connectivity index (χ3v) is 4.19. The summed E-state index contributed by atoms with van der Waals surface area (Å²) in [6, 6.07) is 12.4. The molecule has 3 amide bonds. The maximum absolute atomic E-state index is 13.0. The maximum atomic E-state index is 13.0. The van der Waals surface area contributed by atoms with Crippen LogP contribution in [0.25, 0.3) is 0 Å². The van der Waals surface area contributed by atoms with E-state index >= 15 is 0 Å². The Morgan fingerprint density at radius 1 is 1.19 bits per heavy atom. The van der Waals surface area contributed by atoms with Crippen LogP contribution in [0.4, 0.5) is 10.6 Å². The molecule has 0 unspecified atom stereocenters. The van der Waals surface area contributed by atoms with Gasteiger partial charge in [-0.2, -0.15) is 0 Å². The highest BCUT2D eigenvalue weighted by atomic mass is 16.6. The number of nitrogens with zero attached hydrogens (tertiary/aromatic N) is 3. The molecule has 1 aromatic carbocycles. The fourth-order valence-electron chi connectivity index (χ4n) is 2.78. The van der Waals surface area contributed by atoms with Crippen molar-refractivity contribution in [1.82, 2.24) is 15.4 Å². The van der Waals surface area contributed by atoms with Crippen molar-refractivity contribution < 1.29 is 19.2 Å². The van der Waals surface area contributed by atoms with E-state index in [1.807, 2.05) is 24.3 Å². The number of anilines is 1. The van der Waals surface area contributed by atoms with Crippen LogP contribution >= 0.6 is 0 Å². The van der Waals surface area contributed by atoms with Crippen LogP contribution in [0.15, 0.2) is 48.7 Å². The lowest BCUT2D eigenvalue weighted by Gasteiger charge is -2.32. The summed E-state index contributed by atoms with van der Waals surface area (Å²) in [6.45, 7) is 2.52. The van der Waals surface area contributed by atoms with E-state index in [0.29, 0.717) is 44.2 Å². The Hall–Kier alpha value is -2.97. The van der Waals surface area contributed by atoms with E-state index in [9.17, 15) is 9.59 Å². The van der Waals surface area contributed by atoms with E-state index in [0.717, 1.165) is 5.56 Å². The van der Waals surface area contributed by atoms with Crippen molar-refractivity contribution in [3.63, 3.8) is 0 Å². The van der Waals surface area contributed by atoms with Gasteiger partial charge in [0.05, 0.1) is 26.9 Å². The topological polar surface area (TPSA) is 84.0 Å². The van der Waals surface area contributed by atoms with E-state index in [2.05, 4.69) is 15.3 Å². The number of ether oxygens (including phenoxy) is 1. The molecule has 27 heavy (non-hydrogen) atoms. The second-order valence-corrected chi connectivity index (χ2v) is 5.99. The lowest BCUT2D eigenvalue weighted by molar-refractivity contribution is 0.0537. The zero-order valence-electron chi connectivity index (χ0n) is 15.1. The number of nitrogens with one attached hydrogen (secondary N) is 1. The van der Waals surface area contributed by atoms with Crippen molar-refractivity contribution in [3.8, 4) is 0 Å². The minimum Gasteiger partial charge on any atom is -0.378 e. The summed E-state index contributed by atoms with van der Waals surface area (Å²) in [4.78, 5) is 37.2. The van der Waals surface area contributed by atoms with Gasteiger partial charge in [-0.1, -0.05) is 18.2 Å². The number of aromatic nitrogens is 1. The molecule has 2 aromatic rings. The molecular weight excluding hydrogens is 348 g/mol. The summed E-state index contributed by atoms with van der Waals surface area (Å²) in [6.07, 6.45) is 1.66. The number of urea groups is 1. The molecule has 0 aliphatic carbocycles. The van der Waals surface area contributed by atoms with E-state index in [1.54, 1.807) is 34.2 Å². The Morgan fingerprint density at radius 2 is 1.93 bits per heavy atom. The fraction of sp³-hybridized carbons (Fsp3) is 0.316. The Balaban J connectivity index is 1.79. The zero-order valence-corrected chi connectivity index (χ0v) is 15.1. The van der Waals surface area contributed by atoms with Crippen molar-refractivity contribution in [2.45, 2.75) is 6.54 Å². The molecule has 0 atom stereocenters. The van der Waals surface area contributed by atoms with Gasteiger partial charge in [-0.25, -0.2) is 15.3 Å². The molecule has 1 aromatic heterocycles. The molecule has 3 rings (SSSR count). The molecule has 0 radical (unpaired) electrons. The SMILES string of the molecule is CONC(=O)c1ccc(CN(C(=O)N2CCOCC2)c2ccccn2)cc1. The predicted octanol–water partition coefficient (Wildman–Crippen LogP) is 1.83. The highest BCUT2D eigenvalue weighted by molar-refractivity contribution is 5.93. The van der Waals surface area contributed by atoms with Gasteiger partial charge in [0, 0.05) is 24.8 Å². The van der Waals surface area contributed by atoms with E-state index in [4.69, 9.17) is 4.74 Å². The average Bonchev–Trinajstić information content (AvgIpc) is 2.73. The van der Waals surface area contributed by atoms with Crippen LogP contribution in [0.5, 0.6) is 0 Å². The van der Waals surface area contributed by atoms with E-state index in [1.165, 1.54) is 7.11 Å². The van der Waals surface area contributed by atoms with Crippen molar-refractivity contribution in [1.29, 1.82) is 0 Å². The van der Waals surface area contributed by atoms with Crippen LogP contribution in [0.3, 0.4) is 0 Å². The van der Waals surface area contributed by atoms with E-state index in [-0.39, 0.29) is 11.9 Å². The number of hydrogen-bond acceptors (Lipinski definition) is 5. The van der Waals surface area contributed by atoms with Crippen molar-refractivity contribution >= 4 is 17.8 Å². The minimum atomic E-state index is -0.324. The first kappa shape index (κ1) is 18.8. The molecule has 1 aliphatic rings. The summed E-state index contributed by atoms with van der Waals surface area (Å²) >= 11 is 0. The fourth-order valence-corrected chi connectivity index (χ4v) is 2.78. The average molecular weight is 370 g/mol. The van der Waals surface area contributed by atoms with Gasteiger partial charge in [0.25, 0.3) is 5.91 Å². The molecule has 0 saturated carbocycles. The number of hydroxylamine groups is 1. The van der Waals surface area contributed by atoms with E-state index < -0.39 is 0 Å². The second kappa shape index (κ2) is 9.11. The van der Waals surface area contributed by atoms with Crippen LogP contribution in [-0.4, -0.2) is 55.2 Å². The van der Waals surface area contributed by atoms with Crippen LogP contribution in [0, 0.1) is 0 Å². The largest absolute Gasteiger partial charge is 0.378 e. The van der Waals surface area contributed by atoms with Crippen LogP contribution in [-0.2, 0) is 16.1 Å². The smallest absolute Gasteiger partial charge is 0.326 e. The third kappa shape index (κ3) is 4.81. The number of morpholine rings is 1. The Bertz CT molecular complexity index is 761. The molecule has 142 valence electrons. The molecule has 1 N–H and O–H groups in total. The van der Waals surface area contributed by atoms with Gasteiger partial charge in [0.15, 0.2) is 0 Å². The molecule has 8 heteroatoms. The lowest BCUT2D eigenvalue weighted by Crippen LogP contribution is -2.48. The highest BCUT2D eigenvalue weighted by Crippen LogP contribution is 2.18. The zero-order chi connectivity index (χ0) is 19.1. The Kier molecular flexibility index (Phi) is 6.35. The summed E-state index contributed by atoms with van der Waals surface area (Å²) in [7, 11) is 1.38. The number of carbonyl (C=O) groups is 2. The van der Waals surface area contributed by atoms with Crippen LogP contribution in [0.2, 0.25) is 0 Å². The molecule has 1 fully saturated rings. The van der Waals surface area contributed by atoms with Crippen LogP contribution < -0.4 is 10.4 Å². The van der Waals surface area contributed by atoms with Gasteiger partial charge < -0.3 is 9.64 Å². The normalized spacial score (nSPS) is 13.9. The molecular formula is C19H22N4O4. The maximum Gasteiger partial charge on any atom is 0.326 e. The quantitative estimate of drug-likeness (QED) is 0.812. The lowest BCUT2D eigenvalue weighted by atomic mass is 10.1. The Morgan fingerprint density at radius 3 is 2.56 bits per heavy atom. The second-order valence-electron chi connectivity index (χ2n) is 5.99. The molecule has 1 saturated heterocycles. The standard InChI is InChI=1S/C19H22N4O4/c1-26-21-18(24)16-7-5-15(6-8-16)14-23(17-4-2-3-9-20-17)19(25)22-10-12-27-13-11-22/h2-9H,10-14H2,1H3,(H,21,24). The first-order valence-electron chi connectivity index (χ1n) is 8.66. The summed E-state index contributed by atoms with van der Waals surface area (Å²) in [5.74, 6) is 0.255. The number of benzene rings is 1. The third-order valence-electron chi connectivity index (χ3n) is 4.19. The van der Waals surface area contributed by atoms with Crippen molar-refractivity contribution in [2.75, 3.05) is 38.3 Å². The van der Waals surface area contributed by atoms with Crippen molar-refractivity contribution in [3.05, 3.63) is 59.8 Å². The predicted molar refractivity (Wildman–Crippen MR) is 99.1 cm³/mol. The number of hydrogen-bond donors (Lipinski definition) is 1. The number of pyridine rings is 1. The molecule has 0 bridgehead atoms. The molecule has 0 spiro atoms. The number of rotatable bonds is 5. The molecule has 8 nitrogen and oxygen atoms in total. The van der Waals surface area contributed by atoms with Crippen molar-refractivity contribution in [2.24, 2.45) is 0 Å². The summed E-state index contributed by atoms with van der Waals surface area (Å²) in [5, 5.41) is 0. The Labute approximate surface area is 157 Å². The van der Waals surface area contributed by atoms with Gasteiger partial charge in [-0.3, -0.25) is 14.5 Å². The van der Waals surface area contributed by atoms with Gasteiger partial charge in [0.1, 0.15) is 5.82 Å². The first-order valence-corrected chi connectivity index (χ1v) is 8.66.